The number of carbonyl (C=O) groups excluding carboxylic acids is 10. The summed E-state index contributed by atoms with van der Waals surface area (Å²) in [6.07, 6.45) is 29.4. The zero-order chi connectivity index (χ0) is 97.9. The first-order chi connectivity index (χ1) is 59.8. The average Bonchev–Trinajstić information content (AvgIpc) is 0.831. The van der Waals surface area contributed by atoms with Crippen LogP contribution < -0.4 is 37.6 Å². The lowest BCUT2D eigenvalue weighted by atomic mass is 9.74. The first-order valence-corrected chi connectivity index (χ1v) is 52.6. The molecule has 2 aliphatic heterocycles. The molecular formula is C111H215N9O10. The third-order valence-electron chi connectivity index (χ3n) is 27.1. The van der Waals surface area contributed by atoms with Crippen molar-refractivity contribution in [2.75, 3.05) is 45.8 Å². The Morgan fingerprint density at radius 3 is 0.692 bits per heavy atom. The number of nitrogens with two attached hydrogens (primary N) is 1. The third-order valence-corrected chi connectivity index (χ3v) is 27.1. The zero-order valence-corrected chi connectivity index (χ0v) is 89.0. The van der Waals surface area contributed by atoms with Gasteiger partial charge in [0.2, 0.25) is 0 Å². The highest BCUT2D eigenvalue weighted by atomic mass is 16.2. The van der Waals surface area contributed by atoms with Gasteiger partial charge in [-0.1, -0.05) is 320 Å². The van der Waals surface area contributed by atoms with E-state index in [0.717, 1.165) is 69.9 Å². The minimum Gasteiger partial charge on any atom is -0.386 e. The summed E-state index contributed by atoms with van der Waals surface area (Å²) in [5.41, 5.74) is 5.48. The van der Waals surface area contributed by atoms with Crippen LogP contribution in [-0.4, -0.2) is 174 Å². The maximum Gasteiger partial charge on any atom is 0.150 e. The fourth-order valence-electron chi connectivity index (χ4n) is 19.6. The number of rotatable bonds is 59. The number of nitrogens with zero attached hydrogens (tertiary/aromatic N) is 2. The normalized spacial score (nSPS) is 19.4. The number of carbonyl (C=O) groups is 10. The molecule has 19 heteroatoms. The van der Waals surface area contributed by atoms with Gasteiger partial charge in [0.1, 0.15) is 28.9 Å². The Morgan fingerprint density at radius 2 is 0.500 bits per heavy atom. The van der Waals surface area contributed by atoms with E-state index in [2.05, 4.69) is 173 Å². The van der Waals surface area contributed by atoms with Crippen molar-refractivity contribution in [3.05, 3.63) is 12.4 Å². The first kappa shape index (κ1) is 130. The molecule has 2 saturated heterocycles. The average molecular weight is 1840 g/mol. The Bertz CT molecular complexity index is 2910. The van der Waals surface area contributed by atoms with Gasteiger partial charge >= 0.3 is 0 Å². The Labute approximate surface area is 802 Å². The second kappa shape index (κ2) is 71.3. The number of hydrogen-bond acceptors (Lipinski definition) is 19. The van der Waals surface area contributed by atoms with Gasteiger partial charge in [0.25, 0.3) is 0 Å². The molecule has 0 aromatic carbocycles. The summed E-state index contributed by atoms with van der Waals surface area (Å²) in [5.74, 6) is 6.10. The minimum atomic E-state index is -0.222. The fraction of sp³-hybridized carbons (Fsp3) is 0.892. The van der Waals surface area contributed by atoms with Crippen molar-refractivity contribution in [2.24, 2.45) is 118 Å². The molecule has 2 saturated carbocycles. The summed E-state index contributed by atoms with van der Waals surface area (Å²) in [6.45, 7) is 76.6. The molecule has 4 aliphatic rings. The fourth-order valence-corrected chi connectivity index (χ4v) is 19.6. The SMILES string of the molecule is C.C.C=C(N)NCCC[C@H](CC(=O)[C@@H](NC(C)C)C(C)C)C(=O)C(C)C.CC(C)N[C@H](C(=O)C[C@@H](CCCN1CCCCC1)C(=O)C(C)C)C(C)C.CC(C)N[C@H](C(=O)C[C@@H](CCCN1CCCCC1)C(=O)C(C)C)C(C)C.CCC1CCC(C[C@H](CC(=O)[C@@H](NC(C)C)C(C)C)C(=O)C(C)C)CC1.CCC1CCC(C[C@H](CC(=O)[C@@H](NC(C)C)C(C)C)C(=O)C(C)C)CC1. The largest absolute Gasteiger partial charge is 0.386 e. The molecule has 2 heterocycles. The second-order valence-corrected chi connectivity index (χ2v) is 44.6. The summed E-state index contributed by atoms with van der Waals surface area (Å²) >= 11 is 0. The van der Waals surface area contributed by atoms with Crippen molar-refractivity contribution in [3.8, 4) is 0 Å². The van der Waals surface area contributed by atoms with Crippen LogP contribution in [0.25, 0.3) is 0 Å². The van der Waals surface area contributed by atoms with E-state index in [-0.39, 0.29) is 222 Å². The summed E-state index contributed by atoms with van der Waals surface area (Å²) in [7, 11) is 0. The van der Waals surface area contributed by atoms with E-state index in [1.807, 2.05) is 96.9 Å². The molecule has 130 heavy (non-hydrogen) atoms. The van der Waals surface area contributed by atoms with Crippen LogP contribution in [0.5, 0.6) is 0 Å². The maximum absolute atomic E-state index is 13.0. The molecule has 0 unspecified atom stereocenters. The molecule has 4 fully saturated rings. The van der Waals surface area contributed by atoms with Gasteiger partial charge in [-0.2, -0.15) is 0 Å². The van der Waals surface area contributed by atoms with Gasteiger partial charge in [-0.25, -0.2) is 0 Å². The van der Waals surface area contributed by atoms with E-state index in [9.17, 15) is 47.9 Å². The number of nitrogens with one attached hydrogen (secondary N) is 6. The Balaban J connectivity index is -0.00000155. The number of ketones is 10. The lowest BCUT2D eigenvalue weighted by molar-refractivity contribution is -0.132. The highest BCUT2D eigenvalue weighted by Gasteiger charge is 2.38. The van der Waals surface area contributed by atoms with Crippen LogP contribution in [-0.2, 0) is 47.9 Å². The van der Waals surface area contributed by atoms with Crippen LogP contribution in [0.3, 0.4) is 0 Å². The van der Waals surface area contributed by atoms with Crippen molar-refractivity contribution in [3.63, 3.8) is 0 Å². The van der Waals surface area contributed by atoms with Crippen LogP contribution in [0.15, 0.2) is 12.4 Å². The van der Waals surface area contributed by atoms with Crippen molar-refractivity contribution >= 4 is 57.8 Å². The third kappa shape index (κ3) is 55.8. The highest BCUT2D eigenvalue weighted by Crippen LogP contribution is 2.38. The number of piperidine rings is 2. The molecule has 764 valence electrons. The molecule has 4 rings (SSSR count). The standard InChI is InChI=1S/2C23H43NO2.2C22H42N2O2.C19H37N3O2.2CH4/c2*1-8-18-9-11-19(12-10-18)13-20(23(26)16(4)5)14-21(25)22(15(2)3)24-17(6)7;2*1-16(2)21(23-18(5)6)20(25)15-19(22(26)17(3)4)11-10-14-24-12-8-7-9-13-24;1-12(2)18(22-14(5)6)17(23)11-16(19(24)13(3)4)9-8-10-21-15(7)20;;/h2*15-20,22,24H,8-14H2,1-7H3;2*16-19,21,23H,7-15H2,1-6H3;12-14,16,18,21-22H,7-11,20H2,1-6H3;2*1H4/t2*18?,19?,20-,22+;2*19-,21+;16-,18+;;/m11111../s1. The zero-order valence-electron chi connectivity index (χ0n) is 89.0. The molecule has 0 amide bonds. The number of likely N-dealkylation sites (tertiary alicyclic amines) is 2. The minimum absolute atomic E-state index is 0. The lowest BCUT2D eigenvalue weighted by Crippen LogP contribution is -2.45. The van der Waals surface area contributed by atoms with Gasteiger partial charge in [0.05, 0.1) is 36.0 Å². The van der Waals surface area contributed by atoms with Gasteiger partial charge in [-0.3, -0.25) is 47.9 Å². The summed E-state index contributed by atoms with van der Waals surface area (Å²) in [4.78, 5) is 133. The molecule has 0 bridgehead atoms. The molecule has 10 atom stereocenters. The molecule has 0 aromatic heterocycles. The van der Waals surface area contributed by atoms with Crippen molar-refractivity contribution in [2.45, 2.75) is 483 Å². The van der Waals surface area contributed by atoms with Crippen LogP contribution >= 0.6 is 0 Å². The predicted molar refractivity (Wildman–Crippen MR) is 553 cm³/mol. The van der Waals surface area contributed by atoms with E-state index in [4.69, 9.17) is 5.73 Å². The first-order valence-electron chi connectivity index (χ1n) is 52.6. The maximum atomic E-state index is 13.0. The van der Waals surface area contributed by atoms with E-state index in [1.54, 1.807) is 0 Å². The molecular weight excluding hydrogens is 1620 g/mol. The van der Waals surface area contributed by atoms with Crippen LogP contribution in [0.1, 0.15) is 423 Å². The van der Waals surface area contributed by atoms with E-state index >= 15 is 0 Å². The summed E-state index contributed by atoms with van der Waals surface area (Å²) in [6, 6.07) is 0.523. The smallest absolute Gasteiger partial charge is 0.150 e. The van der Waals surface area contributed by atoms with Crippen molar-refractivity contribution < 1.29 is 47.9 Å². The Morgan fingerprint density at radius 1 is 0.300 bits per heavy atom. The number of hydrogen-bond donors (Lipinski definition) is 7. The van der Waals surface area contributed by atoms with Crippen LogP contribution in [0.2, 0.25) is 0 Å². The summed E-state index contributed by atoms with van der Waals surface area (Å²) < 4.78 is 0. The number of Topliss-reactive ketones (excluding diaryl/α,β-unsaturated/α-hetero) is 10. The second-order valence-electron chi connectivity index (χ2n) is 44.6. The van der Waals surface area contributed by atoms with Gasteiger partial charge in [0.15, 0.2) is 28.9 Å². The monoisotopic (exact) mass is 1830 g/mol. The van der Waals surface area contributed by atoms with Crippen molar-refractivity contribution in [1.29, 1.82) is 0 Å². The molecule has 0 aromatic rings. The highest BCUT2D eigenvalue weighted by molar-refractivity contribution is 5.94. The Hall–Kier alpha value is -4.24. The topological polar surface area (TPSA) is 275 Å². The van der Waals surface area contributed by atoms with Crippen LogP contribution in [0, 0.1) is 112 Å². The van der Waals surface area contributed by atoms with Gasteiger partial charge in [0, 0.05) is 128 Å². The van der Waals surface area contributed by atoms with E-state index < -0.39 is 0 Å². The van der Waals surface area contributed by atoms with Gasteiger partial charge in [-0.05, 0) is 170 Å². The van der Waals surface area contributed by atoms with E-state index in [0.29, 0.717) is 62.7 Å². The molecule has 2 aliphatic carbocycles. The van der Waals surface area contributed by atoms with Crippen molar-refractivity contribution in [1.82, 2.24) is 41.7 Å². The predicted octanol–water partition coefficient (Wildman–Crippen LogP) is 22.9. The summed E-state index contributed by atoms with van der Waals surface area (Å²) in [5, 5.41) is 19.9. The van der Waals surface area contributed by atoms with E-state index in [1.165, 1.54) is 129 Å². The van der Waals surface area contributed by atoms with Crippen LogP contribution in [0.4, 0.5) is 0 Å². The quantitative estimate of drug-likeness (QED) is 0.0279. The van der Waals surface area contributed by atoms with Gasteiger partial charge < -0.3 is 47.4 Å². The lowest BCUT2D eigenvalue weighted by Gasteiger charge is -2.31. The van der Waals surface area contributed by atoms with Gasteiger partial charge in [-0.15, -0.1) is 0 Å². The molecule has 19 nitrogen and oxygen atoms in total. The Kier molecular flexibility index (Phi) is 71.2. The molecule has 0 spiro atoms. The molecule has 0 radical (unpaired) electrons. The molecule has 8 N–H and O–H groups in total.